The van der Waals surface area contributed by atoms with Crippen LogP contribution < -0.4 is 9.64 Å². The van der Waals surface area contributed by atoms with Crippen LogP contribution >= 0.6 is 12.6 Å². The van der Waals surface area contributed by atoms with E-state index in [4.69, 9.17) is 4.74 Å². The lowest BCUT2D eigenvalue weighted by Crippen LogP contribution is -2.35. The van der Waals surface area contributed by atoms with Crippen LogP contribution in [-0.4, -0.2) is 24.7 Å². The summed E-state index contributed by atoms with van der Waals surface area (Å²) >= 11 is 3.72. The lowest BCUT2D eigenvalue weighted by atomic mass is 10.1. The molecule has 0 spiro atoms. The van der Waals surface area contributed by atoms with Crippen LogP contribution in [0, 0.1) is 0 Å². The minimum Gasteiger partial charge on any atom is -0.482 e. The Balaban J connectivity index is 2.50. The monoisotopic (exact) mass is 223 g/mol. The maximum absolute atomic E-state index is 11.3. The van der Waals surface area contributed by atoms with Gasteiger partial charge in [0.25, 0.3) is 5.91 Å². The molecule has 0 radical (unpaired) electrons. The van der Waals surface area contributed by atoms with Gasteiger partial charge >= 0.3 is 0 Å². The SMILES string of the molecule is CN1C(=O)COc2ccc(C(=O)S)cc21. The molecule has 1 heterocycles. The fourth-order valence-electron chi connectivity index (χ4n) is 1.41. The van der Waals surface area contributed by atoms with Crippen LogP contribution in [0.2, 0.25) is 0 Å². The van der Waals surface area contributed by atoms with Crippen molar-refractivity contribution in [1.82, 2.24) is 0 Å². The zero-order chi connectivity index (χ0) is 11.0. The largest absolute Gasteiger partial charge is 0.482 e. The molecule has 78 valence electrons. The highest BCUT2D eigenvalue weighted by atomic mass is 32.1. The van der Waals surface area contributed by atoms with Gasteiger partial charge < -0.3 is 9.64 Å². The highest BCUT2D eigenvalue weighted by Crippen LogP contribution is 2.32. The predicted molar refractivity (Wildman–Crippen MR) is 58.7 cm³/mol. The number of carbonyl (C=O) groups is 2. The number of ether oxygens (including phenoxy) is 1. The third-order valence-electron chi connectivity index (χ3n) is 2.29. The summed E-state index contributed by atoms with van der Waals surface area (Å²) in [5.74, 6) is 0.474. The van der Waals surface area contributed by atoms with Gasteiger partial charge in [-0.2, -0.15) is 0 Å². The van der Waals surface area contributed by atoms with E-state index in [9.17, 15) is 9.59 Å². The van der Waals surface area contributed by atoms with Gasteiger partial charge in [0.2, 0.25) is 5.12 Å². The van der Waals surface area contributed by atoms with Crippen molar-refractivity contribution in [3.8, 4) is 5.75 Å². The standard InChI is InChI=1S/C10H9NO3S/c1-11-7-4-6(10(13)15)2-3-8(7)14-5-9(11)12/h2-4H,5H2,1H3,(H,13,15). The van der Waals surface area contributed by atoms with E-state index >= 15 is 0 Å². The quantitative estimate of drug-likeness (QED) is 0.725. The van der Waals surface area contributed by atoms with E-state index in [0.717, 1.165) is 0 Å². The van der Waals surface area contributed by atoms with Crippen LogP contribution in [0.25, 0.3) is 0 Å². The molecular formula is C10H9NO3S. The second-order valence-electron chi connectivity index (χ2n) is 3.23. The fourth-order valence-corrected chi connectivity index (χ4v) is 1.54. The van der Waals surface area contributed by atoms with Gasteiger partial charge in [-0.15, -0.1) is 12.6 Å². The van der Waals surface area contributed by atoms with E-state index in [1.807, 2.05) is 0 Å². The fraction of sp³-hybridized carbons (Fsp3) is 0.200. The minimum atomic E-state index is -0.329. The molecule has 0 unspecified atom stereocenters. The Hall–Kier alpha value is -1.49. The smallest absolute Gasteiger partial charge is 0.264 e. The molecule has 0 bridgehead atoms. The average molecular weight is 223 g/mol. The first-order chi connectivity index (χ1) is 7.09. The maximum Gasteiger partial charge on any atom is 0.264 e. The van der Waals surface area contributed by atoms with E-state index < -0.39 is 0 Å². The molecule has 4 nitrogen and oxygen atoms in total. The van der Waals surface area contributed by atoms with E-state index in [0.29, 0.717) is 17.0 Å². The molecule has 1 aromatic carbocycles. The Bertz CT molecular complexity index is 444. The summed E-state index contributed by atoms with van der Waals surface area (Å²) in [5, 5.41) is -0.329. The zero-order valence-electron chi connectivity index (χ0n) is 8.06. The number of anilines is 1. The first-order valence-electron chi connectivity index (χ1n) is 4.36. The van der Waals surface area contributed by atoms with Crippen molar-refractivity contribution in [2.24, 2.45) is 0 Å². The molecule has 0 aromatic heterocycles. The molecule has 1 aliphatic heterocycles. The van der Waals surface area contributed by atoms with Gasteiger partial charge in [-0.25, -0.2) is 0 Å². The van der Waals surface area contributed by atoms with Gasteiger partial charge in [-0.1, -0.05) is 0 Å². The van der Waals surface area contributed by atoms with Crippen molar-refractivity contribution in [3.63, 3.8) is 0 Å². The van der Waals surface area contributed by atoms with Crippen LogP contribution in [0.1, 0.15) is 10.4 Å². The Kier molecular flexibility index (Phi) is 2.40. The van der Waals surface area contributed by atoms with Gasteiger partial charge in [-0.05, 0) is 18.2 Å². The molecule has 2 rings (SSSR count). The Morgan fingerprint density at radius 2 is 2.27 bits per heavy atom. The molecule has 0 N–H and O–H groups in total. The Morgan fingerprint density at radius 1 is 1.53 bits per heavy atom. The van der Waals surface area contributed by atoms with Crippen LogP contribution in [-0.2, 0) is 4.79 Å². The zero-order valence-corrected chi connectivity index (χ0v) is 8.95. The summed E-state index contributed by atoms with van der Waals surface area (Å²) in [7, 11) is 1.65. The molecule has 15 heavy (non-hydrogen) atoms. The number of carbonyl (C=O) groups excluding carboxylic acids is 2. The second-order valence-corrected chi connectivity index (χ2v) is 3.64. The molecule has 1 aromatic rings. The van der Waals surface area contributed by atoms with Crippen LogP contribution in [0.5, 0.6) is 5.75 Å². The number of thiol groups is 1. The molecule has 0 saturated carbocycles. The molecule has 1 amide bonds. The van der Waals surface area contributed by atoms with Gasteiger partial charge in [0.05, 0.1) is 5.69 Å². The number of amides is 1. The number of hydrogen-bond acceptors (Lipinski definition) is 3. The number of hydrogen-bond donors (Lipinski definition) is 1. The van der Waals surface area contributed by atoms with E-state index in [-0.39, 0.29) is 17.6 Å². The number of rotatable bonds is 1. The molecule has 0 aliphatic carbocycles. The third-order valence-corrected chi connectivity index (χ3v) is 2.55. The molecule has 0 saturated heterocycles. The number of nitrogens with zero attached hydrogens (tertiary/aromatic N) is 1. The van der Waals surface area contributed by atoms with Gasteiger partial charge in [0.15, 0.2) is 6.61 Å². The van der Waals surface area contributed by atoms with E-state index in [1.165, 1.54) is 4.90 Å². The first-order valence-corrected chi connectivity index (χ1v) is 4.81. The van der Waals surface area contributed by atoms with Crippen molar-refractivity contribution in [2.45, 2.75) is 0 Å². The predicted octanol–water partition coefficient (Wildman–Crippen LogP) is 1.11. The summed E-state index contributed by atoms with van der Waals surface area (Å²) in [6.45, 7) is 0.0394. The summed E-state index contributed by atoms with van der Waals surface area (Å²) in [6.07, 6.45) is 0. The maximum atomic E-state index is 11.3. The highest BCUT2D eigenvalue weighted by molar-refractivity contribution is 7.97. The number of fused-ring (bicyclic) bond motifs is 1. The summed E-state index contributed by atoms with van der Waals surface area (Å²) in [4.78, 5) is 23.8. The average Bonchev–Trinajstić information content (AvgIpc) is 2.23. The Labute approximate surface area is 92.2 Å². The Morgan fingerprint density at radius 3 is 2.93 bits per heavy atom. The van der Waals surface area contributed by atoms with Gasteiger partial charge in [0.1, 0.15) is 5.75 Å². The van der Waals surface area contributed by atoms with Crippen molar-refractivity contribution in [3.05, 3.63) is 23.8 Å². The number of benzene rings is 1. The van der Waals surface area contributed by atoms with Crippen LogP contribution in [0.15, 0.2) is 18.2 Å². The lowest BCUT2D eigenvalue weighted by molar-refractivity contribution is -0.120. The topological polar surface area (TPSA) is 46.6 Å². The second kappa shape index (κ2) is 3.58. The summed E-state index contributed by atoms with van der Waals surface area (Å²) < 4.78 is 5.21. The first kappa shape index (κ1) is 10.0. The van der Waals surface area contributed by atoms with Crippen molar-refractivity contribution in [1.29, 1.82) is 0 Å². The normalized spacial score (nSPS) is 14.5. The minimum absolute atomic E-state index is 0.0394. The van der Waals surface area contributed by atoms with Crippen molar-refractivity contribution >= 4 is 29.3 Å². The van der Waals surface area contributed by atoms with Gasteiger partial charge in [0, 0.05) is 12.6 Å². The molecule has 0 atom stereocenters. The van der Waals surface area contributed by atoms with E-state index in [1.54, 1.807) is 25.2 Å². The van der Waals surface area contributed by atoms with E-state index in [2.05, 4.69) is 12.6 Å². The molecular weight excluding hydrogens is 214 g/mol. The third kappa shape index (κ3) is 1.70. The summed E-state index contributed by atoms with van der Waals surface area (Å²) in [6, 6.07) is 4.89. The summed E-state index contributed by atoms with van der Waals surface area (Å²) in [5.41, 5.74) is 1.05. The van der Waals surface area contributed by atoms with Gasteiger partial charge in [-0.3, -0.25) is 9.59 Å². The molecule has 1 aliphatic rings. The lowest BCUT2D eigenvalue weighted by Gasteiger charge is -2.26. The molecule has 0 fully saturated rings. The van der Waals surface area contributed by atoms with Crippen LogP contribution in [0.4, 0.5) is 5.69 Å². The molecule has 5 heteroatoms. The highest BCUT2D eigenvalue weighted by Gasteiger charge is 2.22. The van der Waals surface area contributed by atoms with Crippen molar-refractivity contribution in [2.75, 3.05) is 18.6 Å². The van der Waals surface area contributed by atoms with Crippen LogP contribution in [0.3, 0.4) is 0 Å². The number of likely N-dealkylation sites (N-methyl/N-ethyl adjacent to an activating group) is 1. The van der Waals surface area contributed by atoms with Crippen molar-refractivity contribution < 1.29 is 14.3 Å².